The molecule has 2 N–H and O–H groups in total. The van der Waals surface area contributed by atoms with Crippen molar-refractivity contribution < 1.29 is 4.79 Å². The zero-order valence-electron chi connectivity index (χ0n) is 9.77. The molecule has 90 valence electrons. The molecule has 2 rings (SSSR count). The van der Waals surface area contributed by atoms with Crippen molar-refractivity contribution in [1.82, 2.24) is 10.6 Å². The molecule has 0 bridgehead atoms. The predicted molar refractivity (Wildman–Crippen MR) is 71.5 cm³/mol. The summed E-state index contributed by atoms with van der Waals surface area (Å²) in [5.74, 6) is 0.226. The number of thiocarbonyl (C=S) groups is 1. The molecule has 0 aliphatic heterocycles. The van der Waals surface area contributed by atoms with Gasteiger partial charge in [-0.15, -0.1) is 0 Å². The molecular formula is C13H16N2OS. The quantitative estimate of drug-likeness (QED) is 0.805. The number of hydrogen-bond donors (Lipinski definition) is 2. The van der Waals surface area contributed by atoms with E-state index in [1.807, 2.05) is 37.3 Å². The lowest BCUT2D eigenvalue weighted by atomic mass is 10.1. The van der Waals surface area contributed by atoms with Crippen LogP contribution in [0.1, 0.15) is 31.4 Å². The minimum atomic E-state index is 0.0442. The first kappa shape index (κ1) is 12.0. The maximum Gasteiger partial charge on any atom is 0.229 e. The van der Waals surface area contributed by atoms with Gasteiger partial charge in [0.2, 0.25) is 5.91 Å². The molecule has 0 saturated heterocycles. The number of benzene rings is 1. The van der Waals surface area contributed by atoms with E-state index in [1.54, 1.807) is 0 Å². The number of carbonyl (C=O) groups is 1. The van der Waals surface area contributed by atoms with Crippen LogP contribution in [-0.2, 0) is 4.79 Å². The first-order chi connectivity index (χ1) is 8.16. The van der Waals surface area contributed by atoms with Crippen molar-refractivity contribution in [2.45, 2.75) is 25.8 Å². The second-order valence-corrected chi connectivity index (χ2v) is 4.78. The van der Waals surface area contributed by atoms with E-state index in [0.29, 0.717) is 5.11 Å². The molecule has 1 aromatic carbocycles. The Balaban J connectivity index is 1.83. The Hall–Kier alpha value is -1.42. The number of amides is 1. The fraction of sp³-hybridized carbons (Fsp3) is 0.385. The van der Waals surface area contributed by atoms with E-state index in [4.69, 9.17) is 12.2 Å². The Kier molecular flexibility index (Phi) is 3.74. The first-order valence-electron chi connectivity index (χ1n) is 5.83. The summed E-state index contributed by atoms with van der Waals surface area (Å²) in [5.41, 5.74) is 1.15. The molecule has 0 spiro atoms. The van der Waals surface area contributed by atoms with Gasteiger partial charge in [-0.1, -0.05) is 30.3 Å². The van der Waals surface area contributed by atoms with Gasteiger partial charge in [-0.2, -0.15) is 0 Å². The summed E-state index contributed by atoms with van der Waals surface area (Å²) in [7, 11) is 0. The normalized spacial score (nSPS) is 16.1. The average molecular weight is 248 g/mol. The Morgan fingerprint density at radius 3 is 2.59 bits per heavy atom. The number of nitrogens with one attached hydrogen (secondary N) is 2. The smallest absolute Gasteiger partial charge is 0.229 e. The van der Waals surface area contributed by atoms with Crippen molar-refractivity contribution >= 4 is 23.2 Å². The van der Waals surface area contributed by atoms with Gasteiger partial charge in [-0.25, -0.2) is 0 Å². The summed E-state index contributed by atoms with van der Waals surface area (Å²) in [4.78, 5) is 11.5. The third kappa shape index (κ3) is 3.53. The molecule has 1 aliphatic carbocycles. The van der Waals surface area contributed by atoms with E-state index >= 15 is 0 Å². The molecule has 1 aromatic rings. The van der Waals surface area contributed by atoms with Crippen LogP contribution in [-0.4, -0.2) is 11.0 Å². The summed E-state index contributed by atoms with van der Waals surface area (Å²) in [6, 6.07) is 10.1. The highest BCUT2D eigenvalue weighted by atomic mass is 32.1. The lowest BCUT2D eigenvalue weighted by Crippen LogP contribution is -2.41. The molecule has 17 heavy (non-hydrogen) atoms. The van der Waals surface area contributed by atoms with E-state index in [2.05, 4.69) is 10.6 Å². The molecule has 4 heteroatoms. The van der Waals surface area contributed by atoms with Crippen molar-refractivity contribution in [1.29, 1.82) is 0 Å². The number of rotatable bonds is 3. The molecule has 0 aromatic heterocycles. The number of carbonyl (C=O) groups excluding carboxylic acids is 1. The lowest BCUT2D eigenvalue weighted by Gasteiger charge is -2.16. The Bertz CT molecular complexity index is 415. The van der Waals surface area contributed by atoms with Crippen LogP contribution in [0, 0.1) is 5.92 Å². The topological polar surface area (TPSA) is 41.1 Å². The lowest BCUT2D eigenvalue weighted by molar-refractivity contribution is -0.120. The molecule has 0 radical (unpaired) electrons. The van der Waals surface area contributed by atoms with E-state index in [9.17, 15) is 4.79 Å². The molecule has 1 amide bonds. The van der Waals surface area contributed by atoms with Crippen LogP contribution >= 0.6 is 12.2 Å². The third-order valence-corrected chi connectivity index (χ3v) is 3.05. The van der Waals surface area contributed by atoms with Gasteiger partial charge in [0.25, 0.3) is 0 Å². The Labute approximate surface area is 107 Å². The van der Waals surface area contributed by atoms with Gasteiger partial charge >= 0.3 is 0 Å². The maximum absolute atomic E-state index is 11.5. The van der Waals surface area contributed by atoms with E-state index in [-0.39, 0.29) is 17.9 Å². The molecule has 1 aliphatic rings. The average Bonchev–Trinajstić information content (AvgIpc) is 3.13. The molecule has 3 nitrogen and oxygen atoms in total. The highest BCUT2D eigenvalue weighted by molar-refractivity contribution is 7.80. The van der Waals surface area contributed by atoms with E-state index in [0.717, 1.165) is 18.4 Å². The molecule has 1 unspecified atom stereocenters. The van der Waals surface area contributed by atoms with Crippen LogP contribution in [0.5, 0.6) is 0 Å². The van der Waals surface area contributed by atoms with Gasteiger partial charge in [0.05, 0.1) is 6.04 Å². The van der Waals surface area contributed by atoms with Crippen LogP contribution in [0.2, 0.25) is 0 Å². The number of hydrogen-bond acceptors (Lipinski definition) is 2. The predicted octanol–water partition coefficient (Wildman–Crippen LogP) is 2.15. The molecule has 1 saturated carbocycles. The third-order valence-electron chi connectivity index (χ3n) is 2.83. The van der Waals surface area contributed by atoms with Crippen molar-refractivity contribution in [2.75, 3.05) is 0 Å². The van der Waals surface area contributed by atoms with E-state index < -0.39 is 0 Å². The van der Waals surface area contributed by atoms with Gasteiger partial charge in [0, 0.05) is 5.92 Å². The fourth-order valence-electron chi connectivity index (χ4n) is 1.62. The second kappa shape index (κ2) is 5.27. The largest absolute Gasteiger partial charge is 0.356 e. The van der Waals surface area contributed by atoms with Crippen LogP contribution in [0.3, 0.4) is 0 Å². The van der Waals surface area contributed by atoms with Gasteiger partial charge in [-0.3, -0.25) is 4.79 Å². The minimum absolute atomic E-state index is 0.0442. The molecule has 1 fully saturated rings. The van der Waals surface area contributed by atoms with Gasteiger partial charge < -0.3 is 10.6 Å². The monoisotopic (exact) mass is 248 g/mol. The Morgan fingerprint density at radius 1 is 1.35 bits per heavy atom. The fourth-order valence-corrected chi connectivity index (χ4v) is 1.89. The summed E-state index contributed by atoms with van der Waals surface area (Å²) in [6.45, 7) is 2.02. The van der Waals surface area contributed by atoms with Gasteiger partial charge in [-0.05, 0) is 37.5 Å². The summed E-state index contributed by atoms with van der Waals surface area (Å²) in [6.07, 6.45) is 1.98. The second-order valence-electron chi connectivity index (χ2n) is 4.37. The summed E-state index contributed by atoms with van der Waals surface area (Å²) < 4.78 is 0. The minimum Gasteiger partial charge on any atom is -0.356 e. The SMILES string of the molecule is CC(NC(=S)NC(=O)C1CC1)c1ccccc1. The van der Waals surface area contributed by atoms with E-state index in [1.165, 1.54) is 0 Å². The van der Waals surface area contributed by atoms with Crippen molar-refractivity contribution in [3.63, 3.8) is 0 Å². The standard InChI is InChI=1S/C13H16N2OS/c1-9(10-5-3-2-4-6-10)14-13(17)15-12(16)11-7-8-11/h2-6,9,11H,7-8H2,1H3,(H2,14,15,16,17). The van der Waals surface area contributed by atoms with Crippen molar-refractivity contribution in [3.05, 3.63) is 35.9 Å². The molecule has 0 heterocycles. The molecular weight excluding hydrogens is 232 g/mol. The summed E-state index contributed by atoms with van der Waals surface area (Å²) >= 11 is 5.11. The van der Waals surface area contributed by atoms with Crippen LogP contribution in [0.15, 0.2) is 30.3 Å². The molecule has 1 atom stereocenters. The maximum atomic E-state index is 11.5. The summed E-state index contributed by atoms with van der Waals surface area (Å²) in [5, 5.41) is 6.25. The van der Waals surface area contributed by atoms with Crippen molar-refractivity contribution in [3.8, 4) is 0 Å². The highest BCUT2D eigenvalue weighted by Gasteiger charge is 2.30. The van der Waals surface area contributed by atoms with Gasteiger partial charge in [0.1, 0.15) is 0 Å². The Morgan fingerprint density at radius 2 is 2.00 bits per heavy atom. The highest BCUT2D eigenvalue weighted by Crippen LogP contribution is 2.28. The van der Waals surface area contributed by atoms with Crippen LogP contribution in [0.4, 0.5) is 0 Å². The zero-order chi connectivity index (χ0) is 12.3. The van der Waals surface area contributed by atoms with Crippen LogP contribution in [0.25, 0.3) is 0 Å². The van der Waals surface area contributed by atoms with Gasteiger partial charge in [0.15, 0.2) is 5.11 Å². The van der Waals surface area contributed by atoms with Crippen LogP contribution < -0.4 is 10.6 Å². The van der Waals surface area contributed by atoms with Crippen molar-refractivity contribution in [2.24, 2.45) is 5.92 Å². The zero-order valence-corrected chi connectivity index (χ0v) is 10.6. The first-order valence-corrected chi connectivity index (χ1v) is 6.24.